The molecule has 17 heavy (non-hydrogen) atoms. The van der Waals surface area contributed by atoms with Crippen molar-refractivity contribution in [3.63, 3.8) is 0 Å². The number of nitrogens with two attached hydrogens (primary N) is 1. The van der Waals surface area contributed by atoms with Gasteiger partial charge in [-0.15, -0.1) is 0 Å². The first-order chi connectivity index (χ1) is 7.86. The van der Waals surface area contributed by atoms with Crippen LogP contribution in [0.4, 0.5) is 5.13 Å². The van der Waals surface area contributed by atoms with E-state index in [4.69, 9.17) is 5.73 Å². The average Bonchev–Trinajstić information content (AvgIpc) is 3.03. The number of nitrogen functional groups attached to an aromatic ring is 1. The van der Waals surface area contributed by atoms with Crippen LogP contribution in [-0.4, -0.2) is 4.98 Å². The van der Waals surface area contributed by atoms with Gasteiger partial charge >= 0.3 is 0 Å². The minimum Gasteiger partial charge on any atom is -0.663 e. The second kappa shape index (κ2) is 7.07. The van der Waals surface area contributed by atoms with Gasteiger partial charge in [0.2, 0.25) is 0 Å². The number of rotatable bonds is 1. The Kier molecular flexibility index (Phi) is 5.70. The first-order valence-corrected chi connectivity index (χ1v) is 5.84. The molecular weight excluding hydrogens is 272 g/mol. The van der Waals surface area contributed by atoms with E-state index in [9.17, 15) is 0 Å². The van der Waals surface area contributed by atoms with Gasteiger partial charge in [-0.3, -0.25) is 11.3 Å². The third-order valence-corrected chi connectivity index (χ3v) is 2.71. The maximum absolute atomic E-state index is 5.49. The Morgan fingerprint density at radius 1 is 1.18 bits per heavy atom. The molecule has 0 saturated heterocycles. The standard InChI is InChI=1S/C8H7N2S.C5H5.Fe/c9-8-10-7(5-11-8)6-3-1-2-4-6;1-2-4-5-3-1;/h1-5H,(H2,9,10);1-5H;/q-5;-1;. The summed E-state index contributed by atoms with van der Waals surface area (Å²) >= 11 is 1.47. The molecule has 0 aliphatic carbocycles. The van der Waals surface area contributed by atoms with Gasteiger partial charge < -0.3 is 51.6 Å². The van der Waals surface area contributed by atoms with Gasteiger partial charge in [0.25, 0.3) is 0 Å². The van der Waals surface area contributed by atoms with Crippen molar-refractivity contribution in [2.75, 3.05) is 5.73 Å². The summed E-state index contributed by atoms with van der Waals surface area (Å²) in [4.78, 5) is 4.15. The van der Waals surface area contributed by atoms with E-state index < -0.39 is 0 Å². The summed E-state index contributed by atoms with van der Waals surface area (Å²) in [6.45, 7) is 0. The van der Waals surface area contributed by atoms with Crippen molar-refractivity contribution in [3.05, 3.63) is 60.0 Å². The van der Waals surface area contributed by atoms with Crippen molar-refractivity contribution in [1.82, 2.24) is 4.98 Å². The monoisotopic (exact) mass is 284 g/mol. The van der Waals surface area contributed by atoms with Crippen molar-refractivity contribution < 1.29 is 17.1 Å². The van der Waals surface area contributed by atoms with E-state index in [1.807, 2.05) is 60.0 Å². The number of anilines is 1. The first kappa shape index (κ1) is 13.7. The second-order valence-corrected chi connectivity index (χ2v) is 4.10. The number of thiazole rings is 1. The summed E-state index contributed by atoms with van der Waals surface area (Å²) in [6, 6.07) is 18.0. The summed E-state index contributed by atoms with van der Waals surface area (Å²) in [7, 11) is 0. The van der Waals surface area contributed by atoms with Gasteiger partial charge in [-0.1, -0.05) is 0 Å². The predicted octanol–water partition coefficient (Wildman–Crippen LogP) is 3.51. The summed E-state index contributed by atoms with van der Waals surface area (Å²) in [6.07, 6.45) is 0. The molecule has 94 valence electrons. The van der Waals surface area contributed by atoms with E-state index in [1.165, 1.54) is 11.3 Å². The number of hydrogen-bond acceptors (Lipinski definition) is 3. The van der Waals surface area contributed by atoms with Gasteiger partial charge in [-0.05, 0) is 0 Å². The average molecular weight is 284 g/mol. The molecule has 3 aromatic rings. The fourth-order valence-electron chi connectivity index (χ4n) is 1.29. The van der Waals surface area contributed by atoms with Gasteiger partial charge in [0, 0.05) is 17.1 Å². The molecule has 3 rings (SSSR count). The Bertz CT molecular complexity index is 480. The first-order valence-electron chi connectivity index (χ1n) is 4.96. The van der Waals surface area contributed by atoms with Crippen LogP contribution in [0.1, 0.15) is 0 Å². The zero-order valence-electron chi connectivity index (χ0n) is 9.06. The smallest absolute Gasteiger partial charge is 0.122 e. The molecule has 0 atom stereocenters. The van der Waals surface area contributed by atoms with Gasteiger partial charge in [0.15, 0.2) is 0 Å². The third-order valence-electron chi connectivity index (χ3n) is 2.04. The Morgan fingerprint density at radius 2 is 1.82 bits per heavy atom. The fraction of sp³-hybridized carbons (Fsp3) is 0. The van der Waals surface area contributed by atoms with Crippen molar-refractivity contribution >= 4 is 16.5 Å². The van der Waals surface area contributed by atoms with Crippen molar-refractivity contribution in [1.29, 1.82) is 0 Å². The molecule has 0 aliphatic rings. The molecule has 1 aromatic heterocycles. The van der Waals surface area contributed by atoms with E-state index in [1.54, 1.807) is 0 Å². The van der Waals surface area contributed by atoms with E-state index in [0.717, 1.165) is 11.3 Å². The quantitative estimate of drug-likeness (QED) is 0.548. The largest absolute Gasteiger partial charge is 0.663 e. The maximum atomic E-state index is 5.49. The van der Waals surface area contributed by atoms with Crippen molar-refractivity contribution in [2.24, 2.45) is 0 Å². The van der Waals surface area contributed by atoms with Crippen LogP contribution in [0.3, 0.4) is 0 Å². The van der Waals surface area contributed by atoms with Crippen molar-refractivity contribution in [2.45, 2.75) is 0 Å². The van der Waals surface area contributed by atoms with Crippen LogP contribution in [0, 0.1) is 0 Å². The molecule has 0 unspecified atom stereocenters. The minimum atomic E-state index is 0. The number of nitrogens with zero attached hydrogens (tertiary/aromatic N) is 1. The molecule has 0 spiro atoms. The molecule has 2 aromatic carbocycles. The van der Waals surface area contributed by atoms with Crippen LogP contribution in [0.25, 0.3) is 11.3 Å². The molecule has 0 amide bonds. The van der Waals surface area contributed by atoms with Gasteiger partial charge in [-0.2, -0.15) is 18.2 Å². The zero-order chi connectivity index (χ0) is 11.2. The zero-order valence-corrected chi connectivity index (χ0v) is 11.0. The molecule has 2 N–H and O–H groups in total. The summed E-state index contributed by atoms with van der Waals surface area (Å²) in [5.74, 6) is 0. The normalized spacial score (nSPS) is 8.94. The summed E-state index contributed by atoms with van der Waals surface area (Å²) in [5.41, 5.74) is 7.60. The predicted molar refractivity (Wildman–Crippen MR) is 69.6 cm³/mol. The Balaban J connectivity index is 0.000000205. The van der Waals surface area contributed by atoms with Gasteiger partial charge in [-0.25, -0.2) is 12.1 Å². The Labute approximate surface area is 115 Å². The van der Waals surface area contributed by atoms with E-state index >= 15 is 0 Å². The van der Waals surface area contributed by atoms with Crippen molar-refractivity contribution in [3.8, 4) is 11.3 Å². The molecule has 1 heterocycles. The van der Waals surface area contributed by atoms with E-state index in [0.29, 0.717) is 5.13 Å². The molecule has 0 fully saturated rings. The topological polar surface area (TPSA) is 38.9 Å². The molecular formula is C13H12FeN2S-6. The van der Waals surface area contributed by atoms with Crippen LogP contribution in [0.15, 0.2) is 60.0 Å². The van der Waals surface area contributed by atoms with Crippen LogP contribution in [0.2, 0.25) is 0 Å². The van der Waals surface area contributed by atoms with Crippen LogP contribution < -0.4 is 5.73 Å². The Morgan fingerprint density at radius 3 is 2.24 bits per heavy atom. The maximum Gasteiger partial charge on any atom is 0.122 e. The van der Waals surface area contributed by atoms with Crippen LogP contribution >= 0.6 is 11.3 Å². The minimum absolute atomic E-state index is 0. The third kappa shape index (κ3) is 4.19. The molecule has 2 nitrogen and oxygen atoms in total. The van der Waals surface area contributed by atoms with Crippen LogP contribution in [0.5, 0.6) is 0 Å². The Hall–Kier alpha value is -1.35. The van der Waals surface area contributed by atoms with Gasteiger partial charge in [0.05, 0.1) is 0 Å². The van der Waals surface area contributed by atoms with E-state index in [-0.39, 0.29) is 17.1 Å². The molecule has 0 bridgehead atoms. The number of aromatic nitrogens is 1. The fourth-order valence-corrected chi connectivity index (χ4v) is 1.86. The van der Waals surface area contributed by atoms with Gasteiger partial charge in [0.1, 0.15) is 5.13 Å². The summed E-state index contributed by atoms with van der Waals surface area (Å²) in [5, 5.41) is 2.59. The van der Waals surface area contributed by atoms with Crippen LogP contribution in [-0.2, 0) is 17.1 Å². The molecule has 0 saturated carbocycles. The SMILES string of the molecule is Nc1nc(-[c-]2[cH-][cH-][cH-][cH-]2)cs1.[Fe].c1cc[cH-]c1. The number of hydrogen-bond donors (Lipinski definition) is 1. The molecule has 4 heteroatoms. The second-order valence-electron chi connectivity index (χ2n) is 3.21. The van der Waals surface area contributed by atoms with E-state index in [2.05, 4.69) is 4.98 Å². The molecule has 0 radical (unpaired) electrons. The molecule has 0 aliphatic heterocycles. The summed E-state index contributed by atoms with van der Waals surface area (Å²) < 4.78 is 0.